The van der Waals surface area contributed by atoms with Gasteiger partial charge in [0, 0.05) is 19.2 Å². The maximum Gasteiger partial charge on any atom is 0.253 e. The van der Waals surface area contributed by atoms with Gasteiger partial charge in [-0.2, -0.15) is 0 Å². The van der Waals surface area contributed by atoms with Crippen LogP contribution in [-0.4, -0.2) is 24.4 Å². The Kier molecular flexibility index (Phi) is 6.07. The number of amides is 1. The summed E-state index contributed by atoms with van der Waals surface area (Å²) in [6.45, 7) is 9.54. The highest BCUT2D eigenvalue weighted by molar-refractivity contribution is 5.94. The summed E-state index contributed by atoms with van der Waals surface area (Å²) in [4.78, 5) is 14.1. The number of carbonyl (C=O) groups excluding carboxylic acids is 1. The Labute approximate surface area is 117 Å². The van der Waals surface area contributed by atoms with E-state index in [0.717, 1.165) is 12.1 Å². The van der Waals surface area contributed by atoms with E-state index in [2.05, 4.69) is 39.8 Å². The number of rotatable bonds is 6. The van der Waals surface area contributed by atoms with Crippen molar-refractivity contribution in [1.29, 1.82) is 0 Å². The van der Waals surface area contributed by atoms with Crippen LogP contribution in [0.15, 0.2) is 24.3 Å². The van der Waals surface area contributed by atoms with Crippen LogP contribution in [-0.2, 0) is 0 Å². The minimum Gasteiger partial charge on any atom is -0.341 e. The first-order valence-electron chi connectivity index (χ1n) is 7.31. The fraction of sp³-hybridized carbons (Fsp3) is 0.588. The molecule has 2 nitrogen and oxygen atoms in total. The lowest BCUT2D eigenvalue weighted by Crippen LogP contribution is -2.31. The van der Waals surface area contributed by atoms with Gasteiger partial charge in [-0.05, 0) is 36.0 Å². The van der Waals surface area contributed by atoms with Gasteiger partial charge in [0.1, 0.15) is 0 Å². The Hall–Kier alpha value is -1.31. The van der Waals surface area contributed by atoms with Gasteiger partial charge in [0.15, 0.2) is 0 Å². The molecule has 0 aliphatic carbocycles. The maximum absolute atomic E-state index is 12.3. The van der Waals surface area contributed by atoms with Crippen LogP contribution in [0.4, 0.5) is 0 Å². The lowest BCUT2D eigenvalue weighted by molar-refractivity contribution is 0.0773. The van der Waals surface area contributed by atoms with Gasteiger partial charge in [-0.25, -0.2) is 0 Å². The van der Waals surface area contributed by atoms with Crippen LogP contribution < -0.4 is 0 Å². The van der Waals surface area contributed by atoms with E-state index in [1.807, 2.05) is 24.1 Å². The highest BCUT2D eigenvalue weighted by Crippen LogP contribution is 2.16. The molecule has 0 spiro atoms. The van der Waals surface area contributed by atoms with Crippen molar-refractivity contribution in [3.05, 3.63) is 35.4 Å². The van der Waals surface area contributed by atoms with Crippen LogP contribution >= 0.6 is 0 Å². The maximum atomic E-state index is 12.3. The summed E-state index contributed by atoms with van der Waals surface area (Å²) >= 11 is 0. The summed E-state index contributed by atoms with van der Waals surface area (Å²) in [5.74, 6) is 1.19. The van der Waals surface area contributed by atoms with Crippen molar-refractivity contribution in [2.75, 3.05) is 13.6 Å². The first-order valence-corrected chi connectivity index (χ1v) is 7.31. The van der Waals surface area contributed by atoms with Gasteiger partial charge < -0.3 is 4.90 Å². The molecule has 19 heavy (non-hydrogen) atoms. The molecule has 2 heteroatoms. The predicted octanol–water partition coefficient (Wildman–Crippen LogP) is 4.32. The van der Waals surface area contributed by atoms with Crippen LogP contribution in [0.2, 0.25) is 0 Å². The van der Waals surface area contributed by atoms with E-state index < -0.39 is 0 Å². The lowest BCUT2D eigenvalue weighted by atomic mass is 10.0. The van der Waals surface area contributed by atoms with Gasteiger partial charge in [0.05, 0.1) is 0 Å². The third kappa shape index (κ3) is 4.70. The number of benzene rings is 1. The molecule has 0 fully saturated rings. The van der Waals surface area contributed by atoms with Crippen molar-refractivity contribution in [3.8, 4) is 0 Å². The van der Waals surface area contributed by atoms with Crippen LogP contribution in [0.25, 0.3) is 0 Å². The molecule has 0 aliphatic heterocycles. The fourth-order valence-corrected chi connectivity index (χ4v) is 2.37. The second-order valence-corrected chi connectivity index (χ2v) is 5.86. The molecule has 1 amide bonds. The minimum absolute atomic E-state index is 0.123. The third-order valence-electron chi connectivity index (χ3n) is 3.54. The Morgan fingerprint density at radius 2 is 1.74 bits per heavy atom. The number of hydrogen-bond acceptors (Lipinski definition) is 1. The molecule has 0 bridgehead atoms. The molecule has 0 aliphatic rings. The smallest absolute Gasteiger partial charge is 0.253 e. The fourth-order valence-electron chi connectivity index (χ4n) is 2.37. The predicted molar refractivity (Wildman–Crippen MR) is 81.6 cm³/mol. The monoisotopic (exact) mass is 261 g/mol. The molecular weight excluding hydrogens is 234 g/mol. The summed E-state index contributed by atoms with van der Waals surface area (Å²) in [6.07, 6.45) is 2.34. The SMILES string of the molecule is CCCC(C)CN(C)C(=O)c1ccc(C(C)C)cc1. The first kappa shape index (κ1) is 15.7. The van der Waals surface area contributed by atoms with Crippen LogP contribution in [0, 0.1) is 5.92 Å². The molecule has 0 radical (unpaired) electrons. The Morgan fingerprint density at radius 3 is 2.21 bits per heavy atom. The van der Waals surface area contributed by atoms with E-state index in [1.54, 1.807) is 0 Å². The zero-order valence-electron chi connectivity index (χ0n) is 12.9. The molecule has 0 heterocycles. The van der Waals surface area contributed by atoms with Crippen molar-refractivity contribution in [1.82, 2.24) is 4.90 Å². The summed E-state index contributed by atoms with van der Waals surface area (Å²) in [6, 6.07) is 8.00. The Balaban J connectivity index is 2.66. The number of nitrogens with zero attached hydrogens (tertiary/aromatic N) is 1. The third-order valence-corrected chi connectivity index (χ3v) is 3.54. The summed E-state index contributed by atoms with van der Waals surface area (Å²) in [7, 11) is 1.89. The molecule has 0 aromatic heterocycles. The Morgan fingerprint density at radius 1 is 1.16 bits per heavy atom. The topological polar surface area (TPSA) is 20.3 Å². The van der Waals surface area contributed by atoms with E-state index in [-0.39, 0.29) is 5.91 Å². The number of carbonyl (C=O) groups is 1. The molecule has 1 unspecified atom stereocenters. The standard InChI is InChI=1S/C17H27NO/c1-6-7-14(4)12-18(5)17(19)16-10-8-15(9-11-16)13(2)3/h8-11,13-14H,6-7,12H2,1-5H3. The molecular formula is C17H27NO. The van der Waals surface area contributed by atoms with E-state index in [4.69, 9.17) is 0 Å². The van der Waals surface area contributed by atoms with Crippen molar-refractivity contribution < 1.29 is 4.79 Å². The molecule has 106 valence electrons. The van der Waals surface area contributed by atoms with Gasteiger partial charge in [-0.1, -0.05) is 46.2 Å². The van der Waals surface area contributed by atoms with Gasteiger partial charge >= 0.3 is 0 Å². The summed E-state index contributed by atoms with van der Waals surface area (Å²) in [5.41, 5.74) is 2.06. The zero-order valence-corrected chi connectivity index (χ0v) is 12.9. The second-order valence-electron chi connectivity index (χ2n) is 5.86. The largest absolute Gasteiger partial charge is 0.341 e. The van der Waals surface area contributed by atoms with Crippen LogP contribution in [0.1, 0.15) is 62.4 Å². The first-order chi connectivity index (χ1) is 8.95. The van der Waals surface area contributed by atoms with Crippen molar-refractivity contribution in [2.24, 2.45) is 5.92 Å². The molecule has 0 N–H and O–H groups in total. The highest BCUT2D eigenvalue weighted by atomic mass is 16.2. The molecule has 1 aromatic rings. The van der Waals surface area contributed by atoms with Crippen molar-refractivity contribution in [2.45, 2.75) is 46.5 Å². The molecule has 1 rings (SSSR count). The Bertz CT molecular complexity index is 394. The summed E-state index contributed by atoms with van der Waals surface area (Å²) < 4.78 is 0. The lowest BCUT2D eigenvalue weighted by Gasteiger charge is -2.21. The van der Waals surface area contributed by atoms with E-state index in [1.165, 1.54) is 18.4 Å². The molecule has 0 saturated heterocycles. The summed E-state index contributed by atoms with van der Waals surface area (Å²) in [5, 5.41) is 0. The second kappa shape index (κ2) is 7.32. The normalized spacial score (nSPS) is 12.5. The van der Waals surface area contributed by atoms with E-state index in [0.29, 0.717) is 11.8 Å². The molecule has 1 aromatic carbocycles. The van der Waals surface area contributed by atoms with Gasteiger partial charge in [-0.15, -0.1) is 0 Å². The van der Waals surface area contributed by atoms with Crippen LogP contribution in [0.3, 0.4) is 0 Å². The highest BCUT2D eigenvalue weighted by Gasteiger charge is 2.14. The van der Waals surface area contributed by atoms with E-state index >= 15 is 0 Å². The van der Waals surface area contributed by atoms with Gasteiger partial charge in [0.2, 0.25) is 0 Å². The average molecular weight is 261 g/mol. The molecule has 1 atom stereocenters. The number of hydrogen-bond donors (Lipinski definition) is 0. The molecule has 0 saturated carbocycles. The quantitative estimate of drug-likeness (QED) is 0.747. The van der Waals surface area contributed by atoms with Crippen molar-refractivity contribution >= 4 is 5.91 Å². The minimum atomic E-state index is 0.123. The van der Waals surface area contributed by atoms with Gasteiger partial charge in [-0.3, -0.25) is 4.79 Å². The van der Waals surface area contributed by atoms with E-state index in [9.17, 15) is 4.79 Å². The zero-order chi connectivity index (χ0) is 14.4. The average Bonchev–Trinajstić information content (AvgIpc) is 2.38. The van der Waals surface area contributed by atoms with Crippen molar-refractivity contribution in [3.63, 3.8) is 0 Å². The van der Waals surface area contributed by atoms with Gasteiger partial charge in [0.25, 0.3) is 5.91 Å². The van der Waals surface area contributed by atoms with Crippen LogP contribution in [0.5, 0.6) is 0 Å².